The first kappa shape index (κ1) is 26.5. The third kappa shape index (κ3) is 4.45. The van der Waals surface area contributed by atoms with Gasteiger partial charge >= 0.3 is 0 Å². The molecule has 1 atom stereocenters. The topological polar surface area (TPSA) is 46.6 Å². The van der Waals surface area contributed by atoms with Crippen LogP contribution in [0, 0.1) is 5.41 Å². The molecule has 4 aromatic rings. The summed E-state index contributed by atoms with van der Waals surface area (Å²) in [6, 6.07) is 36.9. The van der Waals surface area contributed by atoms with Gasteiger partial charge in [-0.05, 0) is 28.8 Å². The highest BCUT2D eigenvalue weighted by atomic mass is 79.9. The van der Waals surface area contributed by atoms with Gasteiger partial charge < -0.3 is 4.74 Å². The van der Waals surface area contributed by atoms with Gasteiger partial charge in [-0.1, -0.05) is 142 Å². The molecule has 2 amide bonds. The summed E-state index contributed by atoms with van der Waals surface area (Å²) in [7, 11) is 0. The van der Waals surface area contributed by atoms with E-state index in [4.69, 9.17) is 4.74 Å². The van der Waals surface area contributed by atoms with Gasteiger partial charge in [0.25, 0.3) is 11.8 Å². The Balaban J connectivity index is 1.78. The summed E-state index contributed by atoms with van der Waals surface area (Å²) in [5.41, 5.74) is 1.68. The Labute approximate surface area is 239 Å². The van der Waals surface area contributed by atoms with Crippen molar-refractivity contribution in [3.8, 4) is 0 Å². The number of halogens is 2. The van der Waals surface area contributed by atoms with Crippen LogP contribution in [0.4, 0.5) is 0 Å². The van der Waals surface area contributed by atoms with Gasteiger partial charge in [-0.15, -0.1) is 0 Å². The zero-order valence-electron chi connectivity index (χ0n) is 20.9. The minimum absolute atomic E-state index is 0.355. The third-order valence-corrected chi connectivity index (χ3v) is 9.66. The fourth-order valence-electron chi connectivity index (χ4n) is 4.99. The summed E-state index contributed by atoms with van der Waals surface area (Å²) in [6.45, 7) is 2.01. The highest BCUT2D eigenvalue weighted by molar-refractivity contribution is 9.09. The van der Waals surface area contributed by atoms with Gasteiger partial charge in [0.2, 0.25) is 0 Å². The number of nitrogens with zero attached hydrogens (tertiary/aromatic N) is 1. The fraction of sp³-hybridized carbons (Fsp3) is 0.188. The second-order valence-corrected chi connectivity index (χ2v) is 10.8. The molecular weight excluding hydrogens is 606 g/mol. The Bertz CT molecular complexity index is 1290. The molecule has 1 heterocycles. The molecule has 0 aliphatic carbocycles. The number of fused-ring (bicyclic) bond motifs is 1. The standard InChI is InChI=1S/C32H27Br2NO3/c1-31(21-33,22-34)30(35-28(36)26-19-11-12-20-27(26)29(35)37)38-32(23-13-5-2-6-14-23,24-15-7-3-8-16-24)25-17-9-4-10-18-25/h2-20,30H,21-22H2,1H3. The van der Waals surface area contributed by atoms with E-state index in [2.05, 4.69) is 31.9 Å². The van der Waals surface area contributed by atoms with E-state index in [1.165, 1.54) is 4.90 Å². The molecule has 0 fully saturated rings. The van der Waals surface area contributed by atoms with Crippen LogP contribution in [0.1, 0.15) is 44.3 Å². The van der Waals surface area contributed by atoms with Crippen LogP contribution in [0.15, 0.2) is 115 Å². The van der Waals surface area contributed by atoms with E-state index in [1.54, 1.807) is 24.3 Å². The third-order valence-electron chi connectivity index (χ3n) is 7.10. The van der Waals surface area contributed by atoms with Crippen molar-refractivity contribution in [3.63, 3.8) is 0 Å². The number of amides is 2. The lowest BCUT2D eigenvalue weighted by Crippen LogP contribution is -2.56. The van der Waals surface area contributed by atoms with Crippen LogP contribution in [0.2, 0.25) is 0 Å². The maximum atomic E-state index is 13.8. The maximum absolute atomic E-state index is 13.8. The minimum atomic E-state index is -1.12. The van der Waals surface area contributed by atoms with E-state index in [1.807, 2.05) is 97.9 Å². The van der Waals surface area contributed by atoms with Crippen LogP contribution < -0.4 is 0 Å². The molecule has 1 unspecified atom stereocenters. The molecule has 0 radical (unpaired) electrons. The van der Waals surface area contributed by atoms with Crippen molar-refractivity contribution in [3.05, 3.63) is 143 Å². The van der Waals surface area contributed by atoms with E-state index in [0.29, 0.717) is 21.8 Å². The number of carbonyl (C=O) groups excluding carboxylic acids is 2. The Morgan fingerprint density at radius 2 is 0.974 bits per heavy atom. The highest BCUT2D eigenvalue weighted by Crippen LogP contribution is 2.46. The maximum Gasteiger partial charge on any atom is 0.263 e. The summed E-state index contributed by atoms with van der Waals surface area (Å²) in [5.74, 6) is -0.710. The molecule has 4 aromatic carbocycles. The quantitative estimate of drug-likeness (QED) is 0.110. The first-order valence-electron chi connectivity index (χ1n) is 12.4. The monoisotopic (exact) mass is 631 g/mol. The Hall–Kier alpha value is -3.06. The normalized spacial score (nSPS) is 14.4. The molecule has 0 saturated carbocycles. The summed E-state index contributed by atoms with van der Waals surface area (Å²) < 4.78 is 7.32. The summed E-state index contributed by atoms with van der Waals surface area (Å²) in [6.07, 6.45) is -0.922. The lowest BCUT2D eigenvalue weighted by atomic mass is 9.79. The van der Waals surface area contributed by atoms with Crippen molar-refractivity contribution in [1.82, 2.24) is 4.90 Å². The molecule has 192 valence electrons. The van der Waals surface area contributed by atoms with Crippen molar-refractivity contribution in [1.29, 1.82) is 0 Å². The molecule has 0 spiro atoms. The smallest absolute Gasteiger partial charge is 0.263 e. The average molecular weight is 633 g/mol. The molecule has 6 heteroatoms. The van der Waals surface area contributed by atoms with E-state index in [9.17, 15) is 9.59 Å². The molecule has 0 saturated heterocycles. The number of benzene rings is 4. The fourth-order valence-corrected chi connectivity index (χ4v) is 6.47. The van der Waals surface area contributed by atoms with Crippen LogP contribution >= 0.6 is 31.9 Å². The van der Waals surface area contributed by atoms with Crippen molar-refractivity contribution in [2.45, 2.75) is 18.8 Å². The predicted octanol–water partition coefficient (Wildman–Crippen LogP) is 7.41. The van der Waals surface area contributed by atoms with Gasteiger partial charge in [-0.3, -0.25) is 9.59 Å². The molecule has 4 nitrogen and oxygen atoms in total. The number of ether oxygens (including phenoxy) is 1. The molecule has 38 heavy (non-hydrogen) atoms. The summed E-state index contributed by atoms with van der Waals surface area (Å²) in [5, 5.41) is 0.968. The molecule has 0 aromatic heterocycles. The lowest BCUT2D eigenvalue weighted by molar-refractivity contribution is -0.141. The zero-order valence-corrected chi connectivity index (χ0v) is 24.1. The van der Waals surface area contributed by atoms with E-state index in [0.717, 1.165) is 16.7 Å². The Kier molecular flexibility index (Phi) is 7.66. The van der Waals surface area contributed by atoms with E-state index >= 15 is 0 Å². The van der Waals surface area contributed by atoms with Crippen LogP contribution in [0.3, 0.4) is 0 Å². The number of rotatable bonds is 9. The van der Waals surface area contributed by atoms with Crippen LogP contribution in [-0.2, 0) is 10.3 Å². The Morgan fingerprint density at radius 3 is 1.32 bits per heavy atom. The average Bonchev–Trinajstić information content (AvgIpc) is 3.24. The van der Waals surface area contributed by atoms with Crippen molar-refractivity contribution < 1.29 is 14.3 Å². The first-order valence-corrected chi connectivity index (χ1v) is 14.6. The van der Waals surface area contributed by atoms with E-state index < -0.39 is 17.2 Å². The zero-order chi connectivity index (χ0) is 26.8. The van der Waals surface area contributed by atoms with Crippen molar-refractivity contribution >= 4 is 43.7 Å². The molecule has 5 rings (SSSR count). The van der Waals surface area contributed by atoms with Gasteiger partial charge in [-0.2, -0.15) is 0 Å². The van der Waals surface area contributed by atoms with Crippen molar-refractivity contribution in [2.75, 3.05) is 10.7 Å². The van der Waals surface area contributed by atoms with Gasteiger partial charge in [0.05, 0.1) is 11.1 Å². The van der Waals surface area contributed by atoms with Gasteiger partial charge in [0.15, 0.2) is 0 Å². The Morgan fingerprint density at radius 1 is 0.632 bits per heavy atom. The second kappa shape index (κ2) is 11.0. The number of hydrogen-bond donors (Lipinski definition) is 0. The van der Waals surface area contributed by atoms with Gasteiger partial charge in [-0.25, -0.2) is 4.90 Å². The summed E-state index contributed by atoms with van der Waals surface area (Å²) in [4.78, 5) is 28.9. The van der Waals surface area contributed by atoms with Gasteiger partial charge in [0.1, 0.15) is 11.8 Å². The SMILES string of the molecule is CC(CBr)(CBr)C(OC(c1ccccc1)(c1ccccc1)c1ccccc1)N1C(=O)c2ccccc2C1=O. The molecule has 0 N–H and O–H groups in total. The number of alkyl halides is 2. The molecule has 1 aliphatic heterocycles. The van der Waals surface area contributed by atoms with E-state index in [-0.39, 0.29) is 11.8 Å². The minimum Gasteiger partial charge on any atom is -0.337 e. The lowest BCUT2D eigenvalue weighted by Gasteiger charge is -2.46. The first-order chi connectivity index (χ1) is 18.5. The van der Waals surface area contributed by atoms with Gasteiger partial charge in [0, 0.05) is 16.1 Å². The highest BCUT2D eigenvalue weighted by Gasteiger charge is 2.52. The number of imide groups is 1. The second-order valence-electron chi connectivity index (χ2n) is 9.70. The van der Waals surface area contributed by atoms with Crippen LogP contribution in [-0.4, -0.2) is 33.6 Å². The molecule has 1 aliphatic rings. The largest absolute Gasteiger partial charge is 0.337 e. The summed E-state index contributed by atoms with van der Waals surface area (Å²) >= 11 is 7.34. The van der Waals surface area contributed by atoms with Crippen LogP contribution in [0.5, 0.6) is 0 Å². The van der Waals surface area contributed by atoms with Crippen molar-refractivity contribution in [2.24, 2.45) is 5.41 Å². The number of carbonyl (C=O) groups is 2. The van der Waals surface area contributed by atoms with Crippen LogP contribution in [0.25, 0.3) is 0 Å². The molecular formula is C32H27Br2NO3. The predicted molar refractivity (Wildman–Crippen MR) is 157 cm³/mol. The number of hydrogen-bond acceptors (Lipinski definition) is 3. The molecule has 0 bridgehead atoms.